The Morgan fingerprint density at radius 3 is 2.86 bits per heavy atom. The maximum absolute atomic E-state index is 13.7. The Labute approximate surface area is 123 Å². The summed E-state index contributed by atoms with van der Waals surface area (Å²) in [7, 11) is 0. The number of aliphatic hydroxyl groups is 1. The molecule has 0 spiro atoms. The highest BCUT2D eigenvalue weighted by Gasteiger charge is 2.16. The van der Waals surface area contributed by atoms with Crippen molar-refractivity contribution in [2.24, 2.45) is 0 Å². The number of carbonyl (C=O) groups excluding carboxylic acids is 1. The Kier molecular flexibility index (Phi) is 5.59. The predicted octanol–water partition coefficient (Wildman–Crippen LogP) is 1.91. The molecule has 0 aromatic heterocycles. The lowest BCUT2D eigenvalue weighted by Crippen LogP contribution is -2.40. The number of aliphatic hydroxyl groups excluding tert-OH is 1. The Bertz CT molecular complexity index is 557. The average Bonchev–Trinajstić information content (AvgIpc) is 2.98. The molecule has 0 atom stereocenters. The second-order valence-corrected chi connectivity index (χ2v) is 5.07. The number of carbonyl (C=O) groups is 1. The highest BCUT2D eigenvalue weighted by molar-refractivity contribution is 5.74. The van der Waals surface area contributed by atoms with E-state index in [1.54, 1.807) is 12.1 Å². The lowest BCUT2D eigenvalue weighted by molar-refractivity contribution is 0.236. The third-order valence-electron chi connectivity index (χ3n) is 3.49. The van der Waals surface area contributed by atoms with E-state index < -0.39 is 0 Å². The van der Waals surface area contributed by atoms with Gasteiger partial charge in [0.25, 0.3) is 0 Å². The minimum absolute atomic E-state index is 0.110. The van der Waals surface area contributed by atoms with Gasteiger partial charge in [-0.2, -0.15) is 0 Å². The lowest BCUT2D eigenvalue weighted by atomic mass is 10.1. The summed E-state index contributed by atoms with van der Waals surface area (Å²) >= 11 is 0. The second kappa shape index (κ2) is 7.65. The van der Waals surface area contributed by atoms with Gasteiger partial charge >= 0.3 is 6.03 Å². The topological polar surface area (TPSA) is 61.4 Å². The molecular formula is C16H19FN2O2. The van der Waals surface area contributed by atoms with Crippen molar-refractivity contribution in [3.63, 3.8) is 0 Å². The quantitative estimate of drug-likeness (QED) is 0.745. The molecule has 1 aliphatic carbocycles. The maximum atomic E-state index is 13.7. The number of halogens is 1. The molecule has 0 heterocycles. The zero-order valence-corrected chi connectivity index (χ0v) is 11.8. The van der Waals surface area contributed by atoms with Crippen molar-refractivity contribution in [1.82, 2.24) is 10.6 Å². The fraction of sp³-hybridized carbons (Fsp3) is 0.438. The summed E-state index contributed by atoms with van der Waals surface area (Å²) in [6, 6.07) is 4.39. The van der Waals surface area contributed by atoms with Crippen molar-refractivity contribution < 1.29 is 14.3 Å². The number of benzene rings is 1. The molecule has 0 unspecified atom stereocenters. The van der Waals surface area contributed by atoms with Gasteiger partial charge in [0, 0.05) is 23.7 Å². The molecule has 2 amide bonds. The van der Waals surface area contributed by atoms with Crippen LogP contribution in [-0.4, -0.2) is 23.8 Å². The number of hydrogen-bond donors (Lipinski definition) is 3. The van der Waals surface area contributed by atoms with E-state index in [0.717, 1.165) is 25.7 Å². The summed E-state index contributed by atoms with van der Waals surface area (Å²) in [4.78, 5) is 11.7. The number of hydrogen-bond acceptors (Lipinski definition) is 2. The van der Waals surface area contributed by atoms with Crippen LogP contribution < -0.4 is 10.6 Å². The molecule has 1 fully saturated rings. The van der Waals surface area contributed by atoms with Crippen LogP contribution in [0, 0.1) is 17.7 Å². The first kappa shape index (κ1) is 15.3. The summed E-state index contributed by atoms with van der Waals surface area (Å²) in [5.41, 5.74) is 0.986. The molecular weight excluding hydrogens is 271 g/mol. The van der Waals surface area contributed by atoms with E-state index in [0.29, 0.717) is 11.1 Å². The molecule has 1 aromatic rings. The molecule has 0 saturated heterocycles. The predicted molar refractivity (Wildman–Crippen MR) is 78.0 cm³/mol. The molecule has 5 heteroatoms. The van der Waals surface area contributed by atoms with Gasteiger partial charge in [0.15, 0.2) is 0 Å². The average molecular weight is 290 g/mol. The highest BCUT2D eigenvalue weighted by atomic mass is 19.1. The fourth-order valence-electron chi connectivity index (χ4n) is 2.41. The summed E-state index contributed by atoms with van der Waals surface area (Å²) in [5, 5.41) is 14.2. The van der Waals surface area contributed by atoms with Crippen molar-refractivity contribution in [2.75, 3.05) is 6.61 Å². The monoisotopic (exact) mass is 290 g/mol. The van der Waals surface area contributed by atoms with Crippen molar-refractivity contribution in [3.8, 4) is 11.8 Å². The van der Waals surface area contributed by atoms with Crippen LogP contribution in [0.25, 0.3) is 0 Å². The van der Waals surface area contributed by atoms with Gasteiger partial charge in [-0.05, 0) is 31.0 Å². The van der Waals surface area contributed by atoms with Gasteiger partial charge in [-0.15, -0.1) is 0 Å². The van der Waals surface area contributed by atoms with Gasteiger partial charge in [0.1, 0.15) is 12.4 Å². The van der Waals surface area contributed by atoms with Crippen LogP contribution in [0.15, 0.2) is 18.2 Å². The summed E-state index contributed by atoms with van der Waals surface area (Å²) < 4.78 is 13.7. The van der Waals surface area contributed by atoms with E-state index >= 15 is 0 Å². The Morgan fingerprint density at radius 2 is 2.14 bits per heavy atom. The van der Waals surface area contributed by atoms with Crippen LogP contribution in [0.2, 0.25) is 0 Å². The molecule has 0 aliphatic heterocycles. The first-order valence-electron chi connectivity index (χ1n) is 7.11. The van der Waals surface area contributed by atoms with E-state index in [4.69, 9.17) is 5.11 Å². The summed E-state index contributed by atoms with van der Waals surface area (Å²) in [6.07, 6.45) is 4.30. The minimum Gasteiger partial charge on any atom is -0.384 e. The fourth-order valence-corrected chi connectivity index (χ4v) is 2.41. The van der Waals surface area contributed by atoms with E-state index in [1.807, 2.05) is 0 Å². The van der Waals surface area contributed by atoms with Gasteiger partial charge in [-0.25, -0.2) is 9.18 Å². The van der Waals surface area contributed by atoms with E-state index in [1.165, 1.54) is 6.07 Å². The lowest BCUT2D eigenvalue weighted by Gasteiger charge is -2.13. The second-order valence-electron chi connectivity index (χ2n) is 5.07. The van der Waals surface area contributed by atoms with E-state index in [9.17, 15) is 9.18 Å². The molecule has 1 saturated carbocycles. The molecule has 0 radical (unpaired) electrons. The zero-order valence-electron chi connectivity index (χ0n) is 11.8. The number of rotatable bonds is 3. The highest BCUT2D eigenvalue weighted by Crippen LogP contribution is 2.17. The van der Waals surface area contributed by atoms with Crippen molar-refractivity contribution >= 4 is 6.03 Å². The van der Waals surface area contributed by atoms with Crippen LogP contribution in [0.3, 0.4) is 0 Å². The van der Waals surface area contributed by atoms with Gasteiger partial charge in [0.05, 0.1) is 0 Å². The molecule has 1 aromatic carbocycles. The molecule has 1 aliphatic rings. The Morgan fingerprint density at radius 1 is 1.38 bits per heavy atom. The standard InChI is InChI=1S/C16H19FN2O2/c17-15-8-7-12(4-3-9-20)10-13(15)11-18-16(21)19-14-5-1-2-6-14/h7-8,10,14,20H,1-2,5-6,9,11H2,(H2,18,19,21). The smallest absolute Gasteiger partial charge is 0.315 e. The largest absolute Gasteiger partial charge is 0.384 e. The maximum Gasteiger partial charge on any atom is 0.315 e. The molecule has 112 valence electrons. The van der Waals surface area contributed by atoms with Crippen molar-refractivity contribution in [1.29, 1.82) is 0 Å². The summed E-state index contributed by atoms with van der Waals surface area (Å²) in [5.74, 6) is 4.84. The number of urea groups is 1. The Hall–Kier alpha value is -2.06. The van der Waals surface area contributed by atoms with Gasteiger partial charge in [0.2, 0.25) is 0 Å². The minimum atomic E-state index is -0.384. The van der Waals surface area contributed by atoms with E-state index in [2.05, 4.69) is 22.5 Å². The number of nitrogens with one attached hydrogen (secondary N) is 2. The van der Waals surface area contributed by atoms with Crippen LogP contribution in [-0.2, 0) is 6.54 Å². The zero-order chi connectivity index (χ0) is 15.1. The molecule has 21 heavy (non-hydrogen) atoms. The van der Waals surface area contributed by atoms with Crippen molar-refractivity contribution in [2.45, 2.75) is 38.3 Å². The molecule has 2 rings (SSSR count). The van der Waals surface area contributed by atoms with Crippen LogP contribution in [0.1, 0.15) is 36.8 Å². The molecule has 3 N–H and O–H groups in total. The Balaban J connectivity index is 1.90. The third kappa shape index (κ3) is 4.76. The third-order valence-corrected chi connectivity index (χ3v) is 3.49. The van der Waals surface area contributed by atoms with Crippen molar-refractivity contribution in [3.05, 3.63) is 35.1 Å². The SMILES string of the molecule is O=C(NCc1cc(C#CCO)ccc1F)NC1CCCC1. The number of amides is 2. The van der Waals surface area contributed by atoms with Gasteiger partial charge in [-0.3, -0.25) is 0 Å². The van der Waals surface area contributed by atoms with Gasteiger partial charge < -0.3 is 15.7 Å². The van der Waals surface area contributed by atoms with E-state index in [-0.39, 0.29) is 31.0 Å². The van der Waals surface area contributed by atoms with Crippen LogP contribution in [0.5, 0.6) is 0 Å². The molecule has 4 nitrogen and oxygen atoms in total. The normalized spacial score (nSPS) is 14.4. The van der Waals surface area contributed by atoms with Crippen LogP contribution >= 0.6 is 0 Å². The summed E-state index contributed by atoms with van der Waals surface area (Å²) in [6.45, 7) is -0.131. The first-order valence-corrected chi connectivity index (χ1v) is 7.11. The van der Waals surface area contributed by atoms with Crippen LogP contribution in [0.4, 0.5) is 9.18 Å². The first-order chi connectivity index (χ1) is 10.2. The van der Waals surface area contributed by atoms with Gasteiger partial charge in [-0.1, -0.05) is 24.7 Å². The molecule has 0 bridgehead atoms.